The lowest BCUT2D eigenvalue weighted by Gasteiger charge is -2.24. The van der Waals surface area contributed by atoms with Crippen LogP contribution < -0.4 is 4.90 Å². The van der Waals surface area contributed by atoms with E-state index in [9.17, 15) is 4.79 Å². The first-order valence-corrected chi connectivity index (χ1v) is 6.59. The molecule has 0 spiro atoms. The van der Waals surface area contributed by atoms with Crippen LogP contribution in [-0.4, -0.2) is 17.8 Å². The molecule has 0 aliphatic rings. The molecule has 98 valence electrons. The van der Waals surface area contributed by atoms with E-state index in [0.717, 1.165) is 37.2 Å². The molecule has 0 aliphatic carbocycles. The average Bonchev–Trinajstić information content (AvgIpc) is 2.49. The van der Waals surface area contributed by atoms with Crippen molar-refractivity contribution >= 4 is 17.8 Å². The number of hydrogen-bond donors (Lipinski definition) is 0. The van der Waals surface area contributed by atoms with Gasteiger partial charge in [0.25, 0.3) is 0 Å². The Hall–Kier alpha value is -2.16. The summed E-state index contributed by atoms with van der Waals surface area (Å²) < 4.78 is 0. The van der Waals surface area contributed by atoms with Gasteiger partial charge in [0.05, 0.1) is 5.56 Å². The van der Waals surface area contributed by atoms with E-state index in [1.807, 2.05) is 30.3 Å². The van der Waals surface area contributed by atoms with Gasteiger partial charge in [-0.05, 0) is 30.7 Å². The summed E-state index contributed by atoms with van der Waals surface area (Å²) in [6, 6.07) is 13.7. The quantitative estimate of drug-likeness (QED) is 0.734. The van der Waals surface area contributed by atoms with Gasteiger partial charge < -0.3 is 4.90 Å². The molecule has 3 nitrogen and oxygen atoms in total. The van der Waals surface area contributed by atoms with E-state index in [-0.39, 0.29) is 0 Å². The van der Waals surface area contributed by atoms with Crippen molar-refractivity contribution in [2.24, 2.45) is 0 Å². The Morgan fingerprint density at radius 1 is 1.16 bits per heavy atom. The summed E-state index contributed by atoms with van der Waals surface area (Å²) >= 11 is 0. The van der Waals surface area contributed by atoms with Crippen LogP contribution >= 0.6 is 0 Å². The molecule has 0 fully saturated rings. The Morgan fingerprint density at radius 2 is 1.95 bits per heavy atom. The number of anilines is 2. The molecule has 0 N–H and O–H groups in total. The number of aldehydes is 1. The molecule has 0 atom stereocenters. The number of aromatic nitrogens is 1. The largest absolute Gasteiger partial charge is 0.326 e. The smallest absolute Gasteiger partial charge is 0.153 e. The Balaban J connectivity index is 2.40. The molecule has 1 aromatic carbocycles. The average molecular weight is 254 g/mol. The molecule has 1 aromatic heterocycles. The number of nitrogens with zero attached hydrogens (tertiary/aromatic N) is 2. The molecule has 2 rings (SSSR count). The first-order valence-electron chi connectivity index (χ1n) is 6.59. The second-order valence-electron chi connectivity index (χ2n) is 4.37. The summed E-state index contributed by atoms with van der Waals surface area (Å²) in [6.07, 6.45) is 4.75. The number of rotatable bonds is 6. The van der Waals surface area contributed by atoms with Crippen molar-refractivity contribution in [1.82, 2.24) is 4.98 Å². The third kappa shape index (κ3) is 3.19. The van der Waals surface area contributed by atoms with Crippen molar-refractivity contribution in [3.05, 3.63) is 54.2 Å². The molecule has 0 amide bonds. The maximum absolute atomic E-state index is 11.2. The summed E-state index contributed by atoms with van der Waals surface area (Å²) in [6.45, 7) is 3.01. The van der Waals surface area contributed by atoms with Gasteiger partial charge in [-0.15, -0.1) is 0 Å². The second-order valence-corrected chi connectivity index (χ2v) is 4.37. The van der Waals surface area contributed by atoms with Crippen molar-refractivity contribution in [2.45, 2.75) is 19.8 Å². The lowest BCUT2D eigenvalue weighted by atomic mass is 10.2. The van der Waals surface area contributed by atoms with Gasteiger partial charge in [-0.2, -0.15) is 0 Å². The maximum atomic E-state index is 11.2. The lowest BCUT2D eigenvalue weighted by molar-refractivity contribution is 0.112. The van der Waals surface area contributed by atoms with Crippen molar-refractivity contribution in [2.75, 3.05) is 11.4 Å². The van der Waals surface area contributed by atoms with E-state index in [1.165, 1.54) is 0 Å². The fourth-order valence-electron chi connectivity index (χ4n) is 2.01. The third-order valence-corrected chi connectivity index (χ3v) is 3.00. The molecule has 0 bridgehead atoms. The molecule has 3 heteroatoms. The van der Waals surface area contributed by atoms with Crippen LogP contribution in [0.2, 0.25) is 0 Å². The molecule has 0 radical (unpaired) electrons. The fourth-order valence-corrected chi connectivity index (χ4v) is 2.01. The van der Waals surface area contributed by atoms with Gasteiger partial charge in [-0.1, -0.05) is 31.5 Å². The minimum atomic E-state index is 0.627. The van der Waals surface area contributed by atoms with Crippen molar-refractivity contribution in [1.29, 1.82) is 0 Å². The zero-order valence-corrected chi connectivity index (χ0v) is 11.1. The zero-order valence-electron chi connectivity index (χ0n) is 11.1. The number of hydrogen-bond acceptors (Lipinski definition) is 3. The predicted octanol–water partition coefficient (Wildman–Crippen LogP) is 3.83. The van der Waals surface area contributed by atoms with Gasteiger partial charge in [0.15, 0.2) is 6.29 Å². The van der Waals surface area contributed by atoms with Crippen LogP contribution in [0.15, 0.2) is 48.7 Å². The topological polar surface area (TPSA) is 33.2 Å². The Bertz CT molecular complexity index is 525. The van der Waals surface area contributed by atoms with Crippen LogP contribution in [0.3, 0.4) is 0 Å². The molecule has 0 saturated heterocycles. The van der Waals surface area contributed by atoms with E-state index in [4.69, 9.17) is 0 Å². The zero-order chi connectivity index (χ0) is 13.5. The normalized spacial score (nSPS) is 10.2. The monoisotopic (exact) mass is 254 g/mol. The number of pyridine rings is 1. The Labute approximate surface area is 113 Å². The van der Waals surface area contributed by atoms with Crippen molar-refractivity contribution in [3.63, 3.8) is 0 Å². The highest BCUT2D eigenvalue weighted by molar-refractivity contribution is 5.84. The van der Waals surface area contributed by atoms with Crippen LogP contribution in [0.4, 0.5) is 11.5 Å². The highest BCUT2D eigenvalue weighted by Gasteiger charge is 2.13. The third-order valence-electron chi connectivity index (χ3n) is 3.00. The highest BCUT2D eigenvalue weighted by Crippen LogP contribution is 2.25. The minimum absolute atomic E-state index is 0.627. The van der Waals surface area contributed by atoms with Gasteiger partial charge in [-0.3, -0.25) is 4.79 Å². The van der Waals surface area contributed by atoms with Gasteiger partial charge in [-0.25, -0.2) is 4.98 Å². The van der Waals surface area contributed by atoms with E-state index in [0.29, 0.717) is 5.56 Å². The van der Waals surface area contributed by atoms with Crippen LogP contribution in [0.1, 0.15) is 30.1 Å². The summed E-state index contributed by atoms with van der Waals surface area (Å²) in [5.74, 6) is 0.733. The molecule has 1 heterocycles. The Kier molecular flexibility index (Phi) is 4.67. The van der Waals surface area contributed by atoms with Crippen molar-refractivity contribution < 1.29 is 4.79 Å². The van der Waals surface area contributed by atoms with E-state index >= 15 is 0 Å². The van der Waals surface area contributed by atoms with Gasteiger partial charge in [0, 0.05) is 18.4 Å². The summed E-state index contributed by atoms with van der Waals surface area (Å²) in [7, 11) is 0. The van der Waals surface area contributed by atoms with Gasteiger partial charge in [0.2, 0.25) is 0 Å². The molecule has 0 aliphatic heterocycles. The fraction of sp³-hybridized carbons (Fsp3) is 0.250. The number of unbranched alkanes of at least 4 members (excludes halogenated alkanes) is 1. The van der Waals surface area contributed by atoms with Gasteiger partial charge >= 0.3 is 0 Å². The van der Waals surface area contributed by atoms with Crippen molar-refractivity contribution in [3.8, 4) is 0 Å². The predicted molar refractivity (Wildman–Crippen MR) is 78.0 cm³/mol. The standard InChI is InChI=1S/C16H18N2O/c1-2-3-12-18(15-9-5-4-6-10-15)16-14(13-19)8-7-11-17-16/h4-11,13H,2-3,12H2,1H3. The molecular formula is C16H18N2O. The second kappa shape index (κ2) is 6.69. The summed E-state index contributed by atoms with van der Waals surface area (Å²) in [5, 5.41) is 0. The molecule has 2 aromatic rings. The number of benzene rings is 1. The summed E-state index contributed by atoms with van der Waals surface area (Å²) in [5.41, 5.74) is 1.69. The first-order chi connectivity index (χ1) is 9.36. The minimum Gasteiger partial charge on any atom is -0.326 e. The number of para-hydroxylation sites is 1. The van der Waals surface area contributed by atoms with E-state index in [1.54, 1.807) is 18.3 Å². The number of carbonyl (C=O) groups is 1. The Morgan fingerprint density at radius 3 is 2.63 bits per heavy atom. The molecule has 0 unspecified atom stereocenters. The molecule has 0 saturated carbocycles. The number of carbonyl (C=O) groups excluding carboxylic acids is 1. The van der Waals surface area contributed by atoms with Crippen LogP contribution in [-0.2, 0) is 0 Å². The van der Waals surface area contributed by atoms with E-state index < -0.39 is 0 Å². The van der Waals surface area contributed by atoms with Crippen LogP contribution in [0.5, 0.6) is 0 Å². The maximum Gasteiger partial charge on any atom is 0.153 e. The van der Waals surface area contributed by atoms with Gasteiger partial charge in [0.1, 0.15) is 5.82 Å². The molecule has 19 heavy (non-hydrogen) atoms. The summed E-state index contributed by atoms with van der Waals surface area (Å²) in [4.78, 5) is 17.6. The SMILES string of the molecule is CCCCN(c1ccccc1)c1ncccc1C=O. The van der Waals surface area contributed by atoms with Crippen LogP contribution in [0, 0.1) is 0 Å². The lowest BCUT2D eigenvalue weighted by Crippen LogP contribution is -2.20. The van der Waals surface area contributed by atoms with Crippen LogP contribution in [0.25, 0.3) is 0 Å². The van der Waals surface area contributed by atoms with E-state index in [2.05, 4.69) is 16.8 Å². The first kappa shape index (κ1) is 13.3. The molecular weight excluding hydrogens is 236 g/mol. The highest BCUT2D eigenvalue weighted by atomic mass is 16.1.